The van der Waals surface area contributed by atoms with E-state index in [-0.39, 0.29) is 24.8 Å². The molecular formula is C21H18Cl2N2O4. The van der Waals surface area contributed by atoms with Crippen LogP contribution >= 0.6 is 23.2 Å². The zero-order valence-electron chi connectivity index (χ0n) is 15.5. The van der Waals surface area contributed by atoms with Crippen LogP contribution in [-0.2, 0) is 11.4 Å². The number of nitrogens with one attached hydrogen (secondary N) is 1. The zero-order chi connectivity index (χ0) is 20.8. The second-order valence-corrected chi connectivity index (χ2v) is 7.03. The van der Waals surface area contributed by atoms with Crippen LogP contribution in [-0.4, -0.2) is 30.3 Å². The van der Waals surface area contributed by atoms with E-state index in [1.165, 1.54) is 24.3 Å². The summed E-state index contributed by atoms with van der Waals surface area (Å²) in [6.45, 7) is 0.00363. The molecule has 0 radical (unpaired) electrons. The van der Waals surface area contributed by atoms with Crippen LogP contribution in [0.2, 0.25) is 10.0 Å². The number of hydrogen-bond donors (Lipinski definition) is 1. The van der Waals surface area contributed by atoms with Gasteiger partial charge in [-0.1, -0.05) is 41.4 Å². The van der Waals surface area contributed by atoms with Gasteiger partial charge in [0, 0.05) is 18.3 Å². The summed E-state index contributed by atoms with van der Waals surface area (Å²) < 4.78 is 11.0. The molecule has 0 spiro atoms. The largest absolute Gasteiger partial charge is 0.489 e. The fourth-order valence-electron chi connectivity index (χ4n) is 2.55. The Morgan fingerprint density at radius 3 is 2.55 bits per heavy atom. The first-order valence-corrected chi connectivity index (χ1v) is 9.44. The van der Waals surface area contributed by atoms with Crippen LogP contribution < -0.4 is 10.1 Å². The first kappa shape index (κ1) is 20.8. The minimum absolute atomic E-state index is 0.130. The highest BCUT2D eigenvalue weighted by Crippen LogP contribution is 2.25. The molecule has 1 heterocycles. The van der Waals surface area contributed by atoms with Crippen LogP contribution in [0.4, 0.5) is 5.69 Å². The standard InChI is InChI=1S/C21H18Cl2N2O4/c1-25(12-19(26)24-15-7-8-17(22)18(23)11-15)21(27)20-14(9-10-28-20)13-29-16-5-3-2-4-6-16/h2-11H,12-13H2,1H3,(H,24,26). The molecule has 150 valence electrons. The number of carbonyl (C=O) groups excluding carboxylic acids is 2. The van der Waals surface area contributed by atoms with Gasteiger partial charge in [-0.3, -0.25) is 9.59 Å². The third-order valence-corrected chi connectivity index (χ3v) is 4.75. The molecule has 0 saturated carbocycles. The number of hydrogen-bond acceptors (Lipinski definition) is 4. The van der Waals surface area contributed by atoms with Crippen molar-refractivity contribution in [2.24, 2.45) is 0 Å². The molecule has 0 aliphatic carbocycles. The second kappa shape index (κ2) is 9.49. The van der Waals surface area contributed by atoms with Gasteiger partial charge in [-0.2, -0.15) is 0 Å². The van der Waals surface area contributed by atoms with Crippen molar-refractivity contribution in [3.05, 3.63) is 82.2 Å². The van der Waals surface area contributed by atoms with Crippen molar-refractivity contribution in [2.45, 2.75) is 6.61 Å². The number of likely N-dealkylation sites (N-methyl/N-ethyl adjacent to an activating group) is 1. The van der Waals surface area contributed by atoms with Crippen molar-refractivity contribution >= 4 is 40.7 Å². The Balaban J connectivity index is 1.59. The number of halogens is 2. The Labute approximate surface area is 178 Å². The van der Waals surface area contributed by atoms with Crippen molar-refractivity contribution in [2.75, 3.05) is 18.9 Å². The molecule has 0 fully saturated rings. The monoisotopic (exact) mass is 432 g/mol. The lowest BCUT2D eigenvalue weighted by molar-refractivity contribution is -0.116. The molecule has 29 heavy (non-hydrogen) atoms. The van der Waals surface area contributed by atoms with E-state index >= 15 is 0 Å². The summed E-state index contributed by atoms with van der Waals surface area (Å²) in [5, 5.41) is 3.39. The molecular weight excluding hydrogens is 415 g/mol. The SMILES string of the molecule is CN(CC(=O)Nc1ccc(Cl)c(Cl)c1)C(=O)c1occc1COc1ccccc1. The summed E-state index contributed by atoms with van der Waals surface area (Å²) in [6, 6.07) is 15.7. The first-order valence-electron chi connectivity index (χ1n) is 8.68. The zero-order valence-corrected chi connectivity index (χ0v) is 17.0. The number of furan rings is 1. The molecule has 2 aromatic carbocycles. The Morgan fingerprint density at radius 2 is 1.83 bits per heavy atom. The summed E-state index contributed by atoms with van der Waals surface area (Å²) in [5.41, 5.74) is 1.08. The molecule has 6 nitrogen and oxygen atoms in total. The smallest absolute Gasteiger partial charge is 0.290 e. The quantitative estimate of drug-likeness (QED) is 0.577. The second-order valence-electron chi connectivity index (χ2n) is 6.21. The predicted molar refractivity (Wildman–Crippen MR) is 112 cm³/mol. The summed E-state index contributed by atoms with van der Waals surface area (Å²) in [5.74, 6) is 0.00561. The summed E-state index contributed by atoms with van der Waals surface area (Å²) in [7, 11) is 1.51. The normalized spacial score (nSPS) is 10.4. The van der Waals surface area contributed by atoms with Gasteiger partial charge < -0.3 is 19.4 Å². The highest BCUT2D eigenvalue weighted by molar-refractivity contribution is 6.42. The van der Waals surface area contributed by atoms with Gasteiger partial charge in [0.15, 0.2) is 5.76 Å². The maximum Gasteiger partial charge on any atom is 0.290 e. The van der Waals surface area contributed by atoms with E-state index in [1.54, 1.807) is 18.2 Å². The molecule has 0 aliphatic rings. The highest BCUT2D eigenvalue weighted by atomic mass is 35.5. The van der Waals surface area contributed by atoms with E-state index in [2.05, 4.69) is 5.32 Å². The van der Waals surface area contributed by atoms with Gasteiger partial charge in [0.25, 0.3) is 5.91 Å². The minimum Gasteiger partial charge on any atom is -0.489 e. The van der Waals surface area contributed by atoms with Gasteiger partial charge in [-0.05, 0) is 36.4 Å². The van der Waals surface area contributed by atoms with Gasteiger partial charge >= 0.3 is 0 Å². The van der Waals surface area contributed by atoms with Crippen LogP contribution in [0, 0.1) is 0 Å². The van der Waals surface area contributed by atoms with Crippen molar-refractivity contribution in [3.63, 3.8) is 0 Å². The number of amides is 2. The van der Waals surface area contributed by atoms with Gasteiger partial charge in [-0.25, -0.2) is 0 Å². The lowest BCUT2D eigenvalue weighted by Crippen LogP contribution is -2.35. The molecule has 0 atom stereocenters. The van der Waals surface area contributed by atoms with E-state index in [1.807, 2.05) is 30.3 Å². The van der Waals surface area contributed by atoms with Crippen LogP contribution in [0.1, 0.15) is 16.1 Å². The van der Waals surface area contributed by atoms with Gasteiger partial charge in [0.05, 0.1) is 22.9 Å². The van der Waals surface area contributed by atoms with Gasteiger partial charge in [-0.15, -0.1) is 0 Å². The molecule has 0 aliphatic heterocycles. The fourth-order valence-corrected chi connectivity index (χ4v) is 2.85. The summed E-state index contributed by atoms with van der Waals surface area (Å²) in [6.07, 6.45) is 1.42. The lowest BCUT2D eigenvalue weighted by Gasteiger charge is -2.16. The van der Waals surface area contributed by atoms with Crippen LogP contribution in [0.15, 0.2) is 65.3 Å². The van der Waals surface area contributed by atoms with E-state index in [9.17, 15) is 9.59 Å². The molecule has 2 amide bonds. The first-order chi connectivity index (χ1) is 13.9. The van der Waals surface area contributed by atoms with Crippen LogP contribution in [0.25, 0.3) is 0 Å². The molecule has 0 unspecified atom stereocenters. The third-order valence-electron chi connectivity index (χ3n) is 4.01. The number of carbonyl (C=O) groups is 2. The molecule has 3 rings (SSSR count). The molecule has 1 N–H and O–H groups in total. The fraction of sp³-hybridized carbons (Fsp3) is 0.143. The van der Waals surface area contributed by atoms with Crippen molar-refractivity contribution < 1.29 is 18.7 Å². The maximum atomic E-state index is 12.7. The predicted octanol–water partition coefficient (Wildman–Crippen LogP) is 4.88. The molecule has 3 aromatic rings. The molecule has 0 bridgehead atoms. The Kier molecular flexibility index (Phi) is 6.80. The van der Waals surface area contributed by atoms with Crippen LogP contribution in [0.3, 0.4) is 0 Å². The lowest BCUT2D eigenvalue weighted by atomic mass is 10.2. The average molecular weight is 433 g/mol. The molecule has 1 aromatic heterocycles. The van der Waals surface area contributed by atoms with Crippen molar-refractivity contribution in [1.29, 1.82) is 0 Å². The molecule has 8 heteroatoms. The van der Waals surface area contributed by atoms with E-state index in [0.29, 0.717) is 27.0 Å². The van der Waals surface area contributed by atoms with Gasteiger partial charge in [0.1, 0.15) is 12.4 Å². The van der Waals surface area contributed by atoms with Crippen molar-refractivity contribution in [1.82, 2.24) is 4.90 Å². The number of benzene rings is 2. The average Bonchev–Trinajstić information content (AvgIpc) is 3.18. The topological polar surface area (TPSA) is 71.8 Å². The Morgan fingerprint density at radius 1 is 1.07 bits per heavy atom. The van der Waals surface area contributed by atoms with Gasteiger partial charge in [0.2, 0.25) is 5.91 Å². The number of ether oxygens (including phenoxy) is 1. The number of para-hydroxylation sites is 1. The van der Waals surface area contributed by atoms with E-state index < -0.39 is 5.91 Å². The number of nitrogens with zero attached hydrogens (tertiary/aromatic N) is 1. The molecule has 0 saturated heterocycles. The minimum atomic E-state index is -0.425. The summed E-state index contributed by atoms with van der Waals surface area (Å²) in [4.78, 5) is 26.2. The Bertz CT molecular complexity index is 1000. The third kappa shape index (κ3) is 5.53. The van der Waals surface area contributed by atoms with Crippen molar-refractivity contribution in [3.8, 4) is 5.75 Å². The summed E-state index contributed by atoms with van der Waals surface area (Å²) >= 11 is 11.8. The maximum absolute atomic E-state index is 12.7. The Hall–Kier alpha value is -2.96. The van der Waals surface area contributed by atoms with Crippen LogP contribution in [0.5, 0.6) is 5.75 Å². The van der Waals surface area contributed by atoms with E-state index in [4.69, 9.17) is 32.4 Å². The number of anilines is 1. The highest BCUT2D eigenvalue weighted by Gasteiger charge is 2.21. The van der Waals surface area contributed by atoms with E-state index in [0.717, 1.165) is 0 Å². The number of rotatable bonds is 7.